The van der Waals surface area contributed by atoms with Crippen LogP contribution < -0.4 is 5.32 Å². The predicted octanol–water partition coefficient (Wildman–Crippen LogP) is 2.04. The summed E-state index contributed by atoms with van der Waals surface area (Å²) in [5, 5.41) is 3.42. The lowest BCUT2D eigenvalue weighted by Crippen LogP contribution is -2.49. The van der Waals surface area contributed by atoms with E-state index in [-0.39, 0.29) is 0 Å². The second-order valence-corrected chi connectivity index (χ2v) is 6.64. The van der Waals surface area contributed by atoms with Gasteiger partial charge in [0.2, 0.25) is 0 Å². The van der Waals surface area contributed by atoms with Crippen molar-refractivity contribution in [3.8, 4) is 0 Å². The maximum atomic E-state index is 3.42. The number of nitrogens with zero attached hydrogens (tertiary/aromatic N) is 2. The topological polar surface area (TPSA) is 18.5 Å². The maximum Gasteiger partial charge on any atom is 0.0108 e. The van der Waals surface area contributed by atoms with E-state index in [0.717, 1.165) is 13.1 Å². The summed E-state index contributed by atoms with van der Waals surface area (Å²) < 4.78 is 0. The van der Waals surface area contributed by atoms with Crippen LogP contribution in [0, 0.1) is 5.41 Å². The molecule has 1 N–H and O–H groups in total. The lowest BCUT2D eigenvalue weighted by molar-refractivity contribution is 0.123. The minimum atomic E-state index is 0.401. The molecule has 1 aliphatic heterocycles. The van der Waals surface area contributed by atoms with E-state index >= 15 is 0 Å². The highest BCUT2D eigenvalue weighted by Crippen LogP contribution is 2.19. The van der Waals surface area contributed by atoms with E-state index in [1.165, 1.54) is 52.0 Å². The van der Waals surface area contributed by atoms with Crippen molar-refractivity contribution in [2.24, 2.45) is 5.41 Å². The molecule has 0 bridgehead atoms. The molecule has 0 spiro atoms. The van der Waals surface area contributed by atoms with Gasteiger partial charge in [-0.2, -0.15) is 0 Å². The number of nitrogens with one attached hydrogen (secondary N) is 1. The molecule has 0 saturated carbocycles. The summed E-state index contributed by atoms with van der Waals surface area (Å²) in [6.07, 6.45) is 4.03. The van der Waals surface area contributed by atoms with Gasteiger partial charge in [-0.05, 0) is 25.4 Å². The predicted molar refractivity (Wildman–Crippen MR) is 80.1 cm³/mol. The van der Waals surface area contributed by atoms with E-state index in [9.17, 15) is 0 Å². The van der Waals surface area contributed by atoms with Crippen molar-refractivity contribution in [2.75, 3.05) is 52.9 Å². The first-order chi connectivity index (χ1) is 8.53. The third-order valence-corrected chi connectivity index (χ3v) is 3.70. The largest absolute Gasteiger partial charge is 0.314 e. The Morgan fingerprint density at radius 3 is 2.44 bits per heavy atom. The van der Waals surface area contributed by atoms with Crippen LogP contribution in [0.25, 0.3) is 0 Å². The van der Waals surface area contributed by atoms with Crippen LogP contribution in [0.2, 0.25) is 0 Å². The molecule has 0 aromatic rings. The molecule has 0 atom stereocenters. The molecule has 18 heavy (non-hydrogen) atoms. The zero-order valence-corrected chi connectivity index (χ0v) is 13.0. The number of hydrogen-bond acceptors (Lipinski definition) is 3. The van der Waals surface area contributed by atoms with Crippen LogP contribution in [0.5, 0.6) is 0 Å². The summed E-state index contributed by atoms with van der Waals surface area (Å²) in [4.78, 5) is 5.12. The quantitative estimate of drug-likeness (QED) is 0.670. The van der Waals surface area contributed by atoms with Gasteiger partial charge < -0.3 is 15.1 Å². The standard InChI is InChI=1S/C15H33N3/c1-5-6-7-10-17(4)13-15(2,3)14-18-11-8-16-9-12-18/h16H,5-14H2,1-4H3. The summed E-state index contributed by atoms with van der Waals surface area (Å²) in [5.74, 6) is 0. The molecular formula is C15H33N3. The van der Waals surface area contributed by atoms with Gasteiger partial charge in [0.15, 0.2) is 0 Å². The lowest BCUT2D eigenvalue weighted by atomic mass is 9.91. The summed E-state index contributed by atoms with van der Waals surface area (Å²) >= 11 is 0. The van der Waals surface area contributed by atoms with Crippen molar-refractivity contribution in [1.82, 2.24) is 15.1 Å². The zero-order valence-electron chi connectivity index (χ0n) is 13.0. The highest BCUT2D eigenvalue weighted by atomic mass is 15.2. The van der Waals surface area contributed by atoms with Gasteiger partial charge >= 0.3 is 0 Å². The van der Waals surface area contributed by atoms with Gasteiger partial charge in [0, 0.05) is 39.3 Å². The summed E-state index contributed by atoms with van der Waals surface area (Å²) in [6.45, 7) is 15.5. The van der Waals surface area contributed by atoms with Crippen LogP contribution in [0.4, 0.5) is 0 Å². The van der Waals surface area contributed by atoms with Gasteiger partial charge in [0.1, 0.15) is 0 Å². The Hall–Kier alpha value is -0.120. The fraction of sp³-hybridized carbons (Fsp3) is 1.00. The summed E-state index contributed by atoms with van der Waals surface area (Å²) in [5.41, 5.74) is 0.401. The minimum absolute atomic E-state index is 0.401. The van der Waals surface area contributed by atoms with Crippen LogP contribution in [-0.4, -0.2) is 62.7 Å². The Balaban J connectivity index is 2.24. The molecule has 0 unspecified atom stereocenters. The number of rotatable bonds is 8. The van der Waals surface area contributed by atoms with Gasteiger partial charge in [-0.1, -0.05) is 33.6 Å². The first-order valence-corrected chi connectivity index (χ1v) is 7.65. The lowest BCUT2D eigenvalue weighted by Gasteiger charge is -2.37. The van der Waals surface area contributed by atoms with Crippen molar-refractivity contribution in [3.05, 3.63) is 0 Å². The van der Waals surface area contributed by atoms with Crippen molar-refractivity contribution >= 4 is 0 Å². The molecule has 0 radical (unpaired) electrons. The van der Waals surface area contributed by atoms with Gasteiger partial charge in [-0.25, -0.2) is 0 Å². The van der Waals surface area contributed by atoms with E-state index in [0.29, 0.717) is 5.41 Å². The molecule has 1 heterocycles. The average Bonchev–Trinajstić information content (AvgIpc) is 2.29. The van der Waals surface area contributed by atoms with E-state index in [4.69, 9.17) is 0 Å². The van der Waals surface area contributed by atoms with E-state index in [1.807, 2.05) is 0 Å². The molecule has 3 heteroatoms. The molecule has 1 fully saturated rings. The molecule has 1 rings (SSSR count). The van der Waals surface area contributed by atoms with Gasteiger partial charge in [-0.3, -0.25) is 0 Å². The van der Waals surface area contributed by atoms with Crippen LogP contribution in [0.1, 0.15) is 40.0 Å². The Morgan fingerprint density at radius 1 is 1.17 bits per heavy atom. The van der Waals surface area contributed by atoms with E-state index in [1.54, 1.807) is 0 Å². The highest BCUT2D eigenvalue weighted by Gasteiger charge is 2.24. The number of hydrogen-bond donors (Lipinski definition) is 1. The highest BCUT2D eigenvalue weighted by molar-refractivity contribution is 4.79. The van der Waals surface area contributed by atoms with Gasteiger partial charge in [0.25, 0.3) is 0 Å². The van der Waals surface area contributed by atoms with E-state index in [2.05, 4.69) is 42.9 Å². The fourth-order valence-corrected chi connectivity index (χ4v) is 2.97. The summed E-state index contributed by atoms with van der Waals surface area (Å²) in [6, 6.07) is 0. The molecule has 1 aliphatic rings. The first-order valence-electron chi connectivity index (χ1n) is 7.65. The Bertz CT molecular complexity index is 210. The van der Waals surface area contributed by atoms with Gasteiger partial charge in [0.05, 0.1) is 0 Å². The third kappa shape index (κ3) is 6.72. The van der Waals surface area contributed by atoms with Gasteiger partial charge in [-0.15, -0.1) is 0 Å². The number of piperazine rings is 1. The monoisotopic (exact) mass is 255 g/mol. The molecule has 3 nitrogen and oxygen atoms in total. The Labute approximate surface area is 114 Å². The third-order valence-electron chi connectivity index (χ3n) is 3.70. The van der Waals surface area contributed by atoms with Crippen LogP contribution >= 0.6 is 0 Å². The Kier molecular flexibility index (Phi) is 7.20. The number of unbranched alkanes of at least 4 members (excludes halogenated alkanes) is 2. The molecule has 0 aromatic carbocycles. The summed E-state index contributed by atoms with van der Waals surface area (Å²) in [7, 11) is 2.27. The fourth-order valence-electron chi connectivity index (χ4n) is 2.97. The molecule has 108 valence electrons. The minimum Gasteiger partial charge on any atom is -0.314 e. The molecule has 0 aliphatic carbocycles. The van der Waals surface area contributed by atoms with Crippen molar-refractivity contribution in [2.45, 2.75) is 40.0 Å². The molecule has 0 aromatic heterocycles. The van der Waals surface area contributed by atoms with E-state index < -0.39 is 0 Å². The van der Waals surface area contributed by atoms with Crippen molar-refractivity contribution in [3.63, 3.8) is 0 Å². The second-order valence-electron chi connectivity index (χ2n) is 6.64. The Morgan fingerprint density at radius 2 is 1.83 bits per heavy atom. The van der Waals surface area contributed by atoms with Crippen LogP contribution in [-0.2, 0) is 0 Å². The first kappa shape index (κ1) is 15.9. The maximum absolute atomic E-state index is 3.42. The molecular weight excluding hydrogens is 222 g/mol. The van der Waals surface area contributed by atoms with Crippen molar-refractivity contribution in [1.29, 1.82) is 0 Å². The zero-order chi connectivity index (χ0) is 13.4. The molecule has 0 amide bonds. The average molecular weight is 255 g/mol. The second kappa shape index (κ2) is 8.13. The van der Waals surface area contributed by atoms with Crippen LogP contribution in [0.15, 0.2) is 0 Å². The SMILES string of the molecule is CCCCCN(C)CC(C)(C)CN1CCNCC1. The normalized spacial score (nSPS) is 18.5. The van der Waals surface area contributed by atoms with Crippen molar-refractivity contribution < 1.29 is 0 Å². The molecule has 1 saturated heterocycles. The smallest absolute Gasteiger partial charge is 0.0108 e. The van der Waals surface area contributed by atoms with Crippen LogP contribution in [0.3, 0.4) is 0 Å².